The molecule has 0 aromatic heterocycles. The van der Waals surface area contributed by atoms with E-state index in [9.17, 15) is 0 Å². The van der Waals surface area contributed by atoms with Crippen molar-refractivity contribution in [2.75, 3.05) is 25.4 Å². The molecule has 2 N–H and O–H groups in total. The van der Waals surface area contributed by atoms with Gasteiger partial charge in [-0.25, -0.2) is 0 Å². The molecule has 0 saturated heterocycles. The molecule has 2 aromatic rings. The highest BCUT2D eigenvalue weighted by atomic mass is 15.1. The maximum absolute atomic E-state index is 5.84. The molecule has 3 rings (SSSR count). The van der Waals surface area contributed by atoms with Gasteiger partial charge in [0.25, 0.3) is 0 Å². The Labute approximate surface area is 121 Å². The van der Waals surface area contributed by atoms with Crippen molar-refractivity contribution in [3.63, 3.8) is 0 Å². The normalized spacial score (nSPS) is 15.6. The van der Waals surface area contributed by atoms with Crippen LogP contribution in [0.3, 0.4) is 0 Å². The number of anilines is 1. The summed E-state index contributed by atoms with van der Waals surface area (Å²) in [5.74, 6) is 0. The first-order valence-electron chi connectivity index (χ1n) is 7.45. The Hall–Kier alpha value is -1.80. The summed E-state index contributed by atoms with van der Waals surface area (Å²) >= 11 is 0. The summed E-state index contributed by atoms with van der Waals surface area (Å²) in [5.41, 5.74) is 11.1. The van der Waals surface area contributed by atoms with Gasteiger partial charge in [-0.05, 0) is 48.1 Å². The fourth-order valence-electron chi connectivity index (χ4n) is 2.97. The number of nitrogens with zero attached hydrogens (tertiary/aromatic N) is 1. The summed E-state index contributed by atoms with van der Waals surface area (Å²) in [6, 6.07) is 17.1. The molecular formula is C18H22N2. The summed E-state index contributed by atoms with van der Waals surface area (Å²) in [5, 5.41) is 0. The van der Waals surface area contributed by atoms with Crippen LogP contribution in [-0.4, -0.2) is 24.5 Å². The van der Waals surface area contributed by atoms with Crippen molar-refractivity contribution in [2.24, 2.45) is 0 Å². The van der Waals surface area contributed by atoms with E-state index in [2.05, 4.69) is 41.3 Å². The van der Waals surface area contributed by atoms with Gasteiger partial charge in [-0.1, -0.05) is 36.4 Å². The van der Waals surface area contributed by atoms with Crippen LogP contribution in [0.15, 0.2) is 48.5 Å². The average molecular weight is 266 g/mol. The summed E-state index contributed by atoms with van der Waals surface area (Å²) in [6.45, 7) is 3.45. The Balaban J connectivity index is 1.58. The molecule has 0 fully saturated rings. The maximum Gasteiger partial charge on any atom is 0.0316 e. The summed E-state index contributed by atoms with van der Waals surface area (Å²) in [7, 11) is 0. The lowest BCUT2D eigenvalue weighted by Gasteiger charge is -2.19. The highest BCUT2D eigenvalue weighted by Gasteiger charge is 2.13. The van der Waals surface area contributed by atoms with Gasteiger partial charge in [0.2, 0.25) is 0 Å². The molecule has 20 heavy (non-hydrogen) atoms. The molecule has 1 heterocycles. The predicted molar refractivity (Wildman–Crippen MR) is 84.8 cm³/mol. The average Bonchev–Trinajstić information content (AvgIpc) is 2.68. The van der Waals surface area contributed by atoms with Crippen LogP contribution in [0.5, 0.6) is 0 Å². The predicted octanol–water partition coefficient (Wildman–Crippen LogP) is 2.91. The summed E-state index contributed by atoms with van der Waals surface area (Å²) < 4.78 is 0. The standard InChI is InChI=1S/C18H22N2/c19-18-7-3-4-15(14-18)8-11-20-12-9-16-5-1-2-6-17(16)10-13-20/h1-7,14H,8-13,19H2. The van der Waals surface area contributed by atoms with Crippen molar-refractivity contribution in [3.05, 3.63) is 65.2 Å². The zero-order valence-corrected chi connectivity index (χ0v) is 11.9. The second kappa shape index (κ2) is 6.10. The second-order valence-electron chi connectivity index (χ2n) is 5.61. The van der Waals surface area contributed by atoms with Gasteiger partial charge in [0, 0.05) is 25.3 Å². The van der Waals surface area contributed by atoms with Gasteiger partial charge in [-0.15, -0.1) is 0 Å². The van der Waals surface area contributed by atoms with Gasteiger partial charge in [0.15, 0.2) is 0 Å². The van der Waals surface area contributed by atoms with Gasteiger partial charge >= 0.3 is 0 Å². The van der Waals surface area contributed by atoms with Crippen molar-refractivity contribution in [1.82, 2.24) is 4.90 Å². The number of hydrogen-bond acceptors (Lipinski definition) is 2. The minimum Gasteiger partial charge on any atom is -0.399 e. The Bertz CT molecular complexity index is 550. The number of nitrogen functional groups attached to an aromatic ring is 1. The molecule has 0 spiro atoms. The van der Waals surface area contributed by atoms with E-state index in [1.165, 1.54) is 42.6 Å². The molecule has 0 unspecified atom stereocenters. The highest BCUT2D eigenvalue weighted by Crippen LogP contribution is 2.16. The highest BCUT2D eigenvalue weighted by molar-refractivity contribution is 5.40. The van der Waals surface area contributed by atoms with Crippen LogP contribution < -0.4 is 5.73 Å². The summed E-state index contributed by atoms with van der Waals surface area (Å²) in [6.07, 6.45) is 3.43. The smallest absolute Gasteiger partial charge is 0.0316 e. The zero-order chi connectivity index (χ0) is 13.8. The van der Waals surface area contributed by atoms with Crippen LogP contribution in [-0.2, 0) is 19.3 Å². The molecule has 0 amide bonds. The minimum atomic E-state index is 0.866. The number of benzene rings is 2. The molecule has 1 aliphatic rings. The second-order valence-corrected chi connectivity index (χ2v) is 5.61. The Morgan fingerprint density at radius 2 is 1.60 bits per heavy atom. The van der Waals surface area contributed by atoms with E-state index in [1.54, 1.807) is 0 Å². The molecule has 2 nitrogen and oxygen atoms in total. The quantitative estimate of drug-likeness (QED) is 0.866. The van der Waals surface area contributed by atoms with Crippen molar-refractivity contribution in [3.8, 4) is 0 Å². The minimum absolute atomic E-state index is 0.866. The Morgan fingerprint density at radius 1 is 0.900 bits per heavy atom. The maximum atomic E-state index is 5.84. The van der Waals surface area contributed by atoms with Crippen LogP contribution in [0.4, 0.5) is 5.69 Å². The molecular weight excluding hydrogens is 244 g/mol. The molecule has 104 valence electrons. The lowest BCUT2D eigenvalue weighted by atomic mass is 10.0. The van der Waals surface area contributed by atoms with Crippen molar-refractivity contribution < 1.29 is 0 Å². The van der Waals surface area contributed by atoms with E-state index < -0.39 is 0 Å². The van der Waals surface area contributed by atoms with E-state index >= 15 is 0 Å². The van der Waals surface area contributed by atoms with Crippen molar-refractivity contribution in [1.29, 1.82) is 0 Å². The SMILES string of the molecule is Nc1cccc(CCN2CCc3ccccc3CC2)c1. The molecule has 2 aromatic carbocycles. The van der Waals surface area contributed by atoms with Crippen LogP contribution in [0.1, 0.15) is 16.7 Å². The molecule has 2 heteroatoms. The first-order valence-corrected chi connectivity index (χ1v) is 7.45. The first-order chi connectivity index (χ1) is 9.81. The number of fused-ring (bicyclic) bond motifs is 1. The zero-order valence-electron chi connectivity index (χ0n) is 11.9. The Kier molecular flexibility index (Phi) is 4.03. The third-order valence-electron chi connectivity index (χ3n) is 4.18. The Morgan fingerprint density at radius 3 is 2.25 bits per heavy atom. The van der Waals surface area contributed by atoms with E-state index in [0.717, 1.165) is 18.7 Å². The van der Waals surface area contributed by atoms with Crippen LogP contribution >= 0.6 is 0 Å². The third kappa shape index (κ3) is 3.20. The fourth-order valence-corrected chi connectivity index (χ4v) is 2.97. The van der Waals surface area contributed by atoms with Crippen molar-refractivity contribution >= 4 is 5.69 Å². The van der Waals surface area contributed by atoms with Crippen LogP contribution in [0, 0.1) is 0 Å². The number of nitrogens with two attached hydrogens (primary N) is 1. The van der Waals surface area contributed by atoms with Gasteiger partial charge in [-0.2, -0.15) is 0 Å². The van der Waals surface area contributed by atoms with E-state index in [-0.39, 0.29) is 0 Å². The first kappa shape index (κ1) is 13.2. The van der Waals surface area contributed by atoms with Gasteiger partial charge in [0.05, 0.1) is 0 Å². The number of hydrogen-bond donors (Lipinski definition) is 1. The van der Waals surface area contributed by atoms with E-state index in [1.807, 2.05) is 12.1 Å². The van der Waals surface area contributed by atoms with E-state index in [4.69, 9.17) is 5.73 Å². The van der Waals surface area contributed by atoms with Gasteiger partial charge < -0.3 is 10.6 Å². The largest absolute Gasteiger partial charge is 0.399 e. The van der Waals surface area contributed by atoms with Crippen LogP contribution in [0.2, 0.25) is 0 Å². The number of rotatable bonds is 3. The molecule has 1 aliphatic heterocycles. The molecule has 0 atom stereocenters. The fraction of sp³-hybridized carbons (Fsp3) is 0.333. The third-order valence-corrected chi connectivity index (χ3v) is 4.18. The monoisotopic (exact) mass is 266 g/mol. The van der Waals surface area contributed by atoms with Crippen LogP contribution in [0.25, 0.3) is 0 Å². The van der Waals surface area contributed by atoms with Gasteiger partial charge in [-0.3, -0.25) is 0 Å². The molecule has 0 radical (unpaired) electrons. The summed E-state index contributed by atoms with van der Waals surface area (Å²) in [4.78, 5) is 2.57. The van der Waals surface area contributed by atoms with Crippen molar-refractivity contribution in [2.45, 2.75) is 19.3 Å². The van der Waals surface area contributed by atoms with E-state index in [0.29, 0.717) is 0 Å². The van der Waals surface area contributed by atoms with Gasteiger partial charge in [0.1, 0.15) is 0 Å². The lowest BCUT2D eigenvalue weighted by Crippen LogP contribution is -2.28. The topological polar surface area (TPSA) is 29.3 Å². The lowest BCUT2D eigenvalue weighted by molar-refractivity contribution is 0.291. The molecule has 0 bridgehead atoms. The molecule has 0 aliphatic carbocycles. The molecule has 0 saturated carbocycles.